The number of nitrogens with zero attached hydrogens (tertiary/aromatic N) is 1. The van der Waals surface area contributed by atoms with Gasteiger partial charge >= 0.3 is 0 Å². The zero-order valence-electron chi connectivity index (χ0n) is 15.7. The minimum atomic E-state index is -0.890. The molecule has 0 amide bonds. The van der Waals surface area contributed by atoms with Crippen LogP contribution in [0.1, 0.15) is 11.1 Å². The van der Waals surface area contributed by atoms with Crippen molar-refractivity contribution in [2.75, 3.05) is 18.1 Å². The Morgan fingerprint density at radius 3 is 1.85 bits per heavy atom. The van der Waals surface area contributed by atoms with Crippen molar-refractivity contribution in [2.24, 2.45) is 0 Å². The molecule has 3 aromatic rings. The standard InChI is InChI=1S/C23H25NO3/c1-17-6-3-8-19(12-17)24(20-9-4-7-18(2)13-20)21-10-5-11-23(14-21)27-16-22(26)15-25/h3-14,22,25-26H,15-16H2,1-2H3. The van der Waals surface area contributed by atoms with Crippen molar-refractivity contribution in [1.82, 2.24) is 0 Å². The van der Waals surface area contributed by atoms with Crippen LogP contribution in [0.4, 0.5) is 17.1 Å². The third-order valence-corrected chi connectivity index (χ3v) is 4.25. The van der Waals surface area contributed by atoms with E-state index in [1.54, 1.807) is 0 Å². The van der Waals surface area contributed by atoms with Gasteiger partial charge in [0.05, 0.1) is 6.61 Å². The molecule has 2 N–H and O–H groups in total. The van der Waals surface area contributed by atoms with E-state index < -0.39 is 6.10 Å². The summed E-state index contributed by atoms with van der Waals surface area (Å²) >= 11 is 0. The summed E-state index contributed by atoms with van der Waals surface area (Å²) in [6.07, 6.45) is -0.890. The first-order valence-electron chi connectivity index (χ1n) is 9.02. The third kappa shape index (κ3) is 4.88. The first-order chi connectivity index (χ1) is 13.1. The molecule has 3 rings (SSSR count). The van der Waals surface area contributed by atoms with E-state index in [0.29, 0.717) is 5.75 Å². The molecule has 0 saturated carbocycles. The molecule has 0 bridgehead atoms. The minimum Gasteiger partial charge on any atom is -0.491 e. The van der Waals surface area contributed by atoms with Crippen LogP contribution in [0.2, 0.25) is 0 Å². The fourth-order valence-corrected chi connectivity index (χ4v) is 2.94. The molecule has 3 aromatic carbocycles. The summed E-state index contributed by atoms with van der Waals surface area (Å²) < 4.78 is 5.63. The number of aryl methyl sites for hydroxylation is 2. The van der Waals surface area contributed by atoms with E-state index in [0.717, 1.165) is 17.1 Å². The normalized spacial score (nSPS) is 11.9. The number of benzene rings is 3. The molecule has 0 radical (unpaired) electrons. The second-order valence-corrected chi connectivity index (χ2v) is 6.66. The molecule has 1 unspecified atom stereocenters. The second kappa shape index (κ2) is 8.71. The van der Waals surface area contributed by atoms with Crippen molar-refractivity contribution in [2.45, 2.75) is 20.0 Å². The number of ether oxygens (including phenoxy) is 1. The predicted octanol–water partition coefficient (Wildman–Crippen LogP) is 4.51. The fourth-order valence-electron chi connectivity index (χ4n) is 2.94. The maximum Gasteiger partial charge on any atom is 0.121 e. The Morgan fingerprint density at radius 2 is 1.33 bits per heavy atom. The van der Waals surface area contributed by atoms with Crippen LogP contribution in [0.3, 0.4) is 0 Å². The lowest BCUT2D eigenvalue weighted by Crippen LogP contribution is -2.21. The molecule has 4 heteroatoms. The van der Waals surface area contributed by atoms with Gasteiger partial charge < -0.3 is 19.8 Å². The van der Waals surface area contributed by atoms with Gasteiger partial charge in [0.1, 0.15) is 18.5 Å². The third-order valence-electron chi connectivity index (χ3n) is 4.25. The highest BCUT2D eigenvalue weighted by atomic mass is 16.5. The average Bonchev–Trinajstić information content (AvgIpc) is 2.67. The maximum atomic E-state index is 9.53. The molecule has 0 aliphatic heterocycles. The molecule has 0 spiro atoms. The van der Waals surface area contributed by atoms with Crippen molar-refractivity contribution in [1.29, 1.82) is 0 Å². The Bertz CT molecular complexity index is 849. The van der Waals surface area contributed by atoms with E-state index in [4.69, 9.17) is 9.84 Å². The Balaban J connectivity index is 2.01. The van der Waals surface area contributed by atoms with Gasteiger partial charge in [-0.15, -0.1) is 0 Å². The lowest BCUT2D eigenvalue weighted by molar-refractivity contribution is 0.0536. The molecular formula is C23H25NO3. The molecule has 4 nitrogen and oxygen atoms in total. The SMILES string of the molecule is Cc1cccc(N(c2cccc(C)c2)c2cccc(OCC(O)CO)c2)c1. The summed E-state index contributed by atoms with van der Waals surface area (Å²) in [4.78, 5) is 2.18. The molecule has 27 heavy (non-hydrogen) atoms. The van der Waals surface area contributed by atoms with Gasteiger partial charge in [-0.2, -0.15) is 0 Å². The summed E-state index contributed by atoms with van der Waals surface area (Å²) in [7, 11) is 0. The first kappa shape index (κ1) is 19.0. The van der Waals surface area contributed by atoms with Gasteiger partial charge in [-0.25, -0.2) is 0 Å². The fraction of sp³-hybridized carbons (Fsp3) is 0.217. The highest BCUT2D eigenvalue weighted by molar-refractivity contribution is 5.77. The number of aliphatic hydroxyl groups excluding tert-OH is 2. The van der Waals surface area contributed by atoms with Crippen molar-refractivity contribution in [3.05, 3.63) is 83.9 Å². The predicted molar refractivity (Wildman–Crippen MR) is 109 cm³/mol. The lowest BCUT2D eigenvalue weighted by atomic mass is 10.1. The lowest BCUT2D eigenvalue weighted by Gasteiger charge is -2.26. The summed E-state index contributed by atoms with van der Waals surface area (Å²) in [5.41, 5.74) is 5.45. The molecule has 1 atom stereocenters. The molecule has 0 aromatic heterocycles. The van der Waals surface area contributed by atoms with E-state index in [9.17, 15) is 5.11 Å². The molecule has 0 fully saturated rings. The molecule has 0 heterocycles. The van der Waals surface area contributed by atoms with Gasteiger partial charge in [0.25, 0.3) is 0 Å². The van der Waals surface area contributed by atoms with Crippen LogP contribution in [0.5, 0.6) is 5.75 Å². The van der Waals surface area contributed by atoms with Crippen molar-refractivity contribution in [3.63, 3.8) is 0 Å². The smallest absolute Gasteiger partial charge is 0.121 e. The van der Waals surface area contributed by atoms with Crippen molar-refractivity contribution < 1.29 is 14.9 Å². The van der Waals surface area contributed by atoms with Crippen LogP contribution in [0, 0.1) is 13.8 Å². The Labute approximate surface area is 160 Å². The van der Waals surface area contributed by atoms with Crippen LogP contribution in [-0.2, 0) is 0 Å². The highest BCUT2D eigenvalue weighted by Crippen LogP contribution is 2.36. The van der Waals surface area contributed by atoms with E-state index in [1.165, 1.54) is 11.1 Å². The summed E-state index contributed by atoms with van der Waals surface area (Å²) in [5.74, 6) is 0.644. The topological polar surface area (TPSA) is 52.9 Å². The largest absolute Gasteiger partial charge is 0.491 e. The zero-order chi connectivity index (χ0) is 19.2. The van der Waals surface area contributed by atoms with Crippen molar-refractivity contribution in [3.8, 4) is 5.75 Å². The Morgan fingerprint density at radius 1 is 0.815 bits per heavy atom. The quantitative estimate of drug-likeness (QED) is 0.649. The van der Waals surface area contributed by atoms with E-state index >= 15 is 0 Å². The van der Waals surface area contributed by atoms with Gasteiger partial charge in [0, 0.05) is 23.1 Å². The van der Waals surface area contributed by atoms with E-state index in [2.05, 4.69) is 55.1 Å². The molecule has 0 aliphatic rings. The zero-order valence-corrected chi connectivity index (χ0v) is 15.7. The van der Waals surface area contributed by atoms with E-state index in [-0.39, 0.29) is 13.2 Å². The van der Waals surface area contributed by atoms with Crippen molar-refractivity contribution >= 4 is 17.1 Å². The van der Waals surface area contributed by atoms with Gasteiger partial charge in [-0.3, -0.25) is 0 Å². The second-order valence-electron chi connectivity index (χ2n) is 6.66. The van der Waals surface area contributed by atoms with Crippen LogP contribution >= 0.6 is 0 Å². The maximum absolute atomic E-state index is 9.53. The molecule has 0 aliphatic carbocycles. The van der Waals surface area contributed by atoms with Gasteiger partial charge in [-0.05, 0) is 61.4 Å². The van der Waals surface area contributed by atoms with Crippen LogP contribution in [-0.4, -0.2) is 29.5 Å². The minimum absolute atomic E-state index is 0.0504. The number of anilines is 3. The number of aliphatic hydroxyl groups is 2. The van der Waals surface area contributed by atoms with E-state index in [1.807, 2.05) is 36.4 Å². The summed E-state index contributed by atoms with van der Waals surface area (Å²) in [6, 6.07) is 24.4. The Hall–Kier alpha value is -2.82. The molecule has 140 valence electrons. The first-order valence-corrected chi connectivity index (χ1v) is 9.02. The van der Waals surface area contributed by atoms with Crippen LogP contribution < -0.4 is 9.64 Å². The monoisotopic (exact) mass is 363 g/mol. The van der Waals surface area contributed by atoms with Crippen LogP contribution in [0.25, 0.3) is 0 Å². The average molecular weight is 363 g/mol. The summed E-state index contributed by atoms with van der Waals surface area (Å²) in [5, 5.41) is 18.5. The molecule has 0 saturated heterocycles. The van der Waals surface area contributed by atoms with Gasteiger partial charge in [0.15, 0.2) is 0 Å². The summed E-state index contributed by atoms with van der Waals surface area (Å²) in [6.45, 7) is 3.88. The van der Waals surface area contributed by atoms with Crippen LogP contribution in [0.15, 0.2) is 72.8 Å². The molecular weight excluding hydrogens is 338 g/mol. The highest BCUT2D eigenvalue weighted by Gasteiger charge is 2.14. The number of hydrogen-bond donors (Lipinski definition) is 2. The number of rotatable bonds is 7. The number of hydrogen-bond acceptors (Lipinski definition) is 4. The van der Waals surface area contributed by atoms with Gasteiger partial charge in [0.2, 0.25) is 0 Å². The Kier molecular flexibility index (Phi) is 6.12. The van der Waals surface area contributed by atoms with Gasteiger partial charge in [-0.1, -0.05) is 30.3 Å².